The van der Waals surface area contributed by atoms with Crippen molar-refractivity contribution >= 4 is 34.2 Å². The summed E-state index contributed by atoms with van der Waals surface area (Å²) in [5.74, 6) is 0.804. The smallest absolute Gasteiger partial charge is 0.335 e. The number of para-hydroxylation sites is 1. The van der Waals surface area contributed by atoms with Crippen LogP contribution in [0.2, 0.25) is 5.02 Å². The average Bonchev–Trinajstić information content (AvgIpc) is 3.37. The second-order valence-electron chi connectivity index (χ2n) is 11.6. The number of carbonyl (C=O) groups is 1. The Morgan fingerprint density at radius 1 is 1.14 bits per heavy atom. The summed E-state index contributed by atoms with van der Waals surface area (Å²) in [6.45, 7) is 3.74. The Bertz CT molecular complexity index is 1750. The molecule has 3 aliphatic rings. The van der Waals surface area contributed by atoms with Crippen LogP contribution in [0.3, 0.4) is 0 Å². The van der Waals surface area contributed by atoms with Crippen LogP contribution >= 0.6 is 11.6 Å². The Balaban J connectivity index is 1.12. The van der Waals surface area contributed by atoms with Crippen LogP contribution in [0.15, 0.2) is 60.7 Å². The summed E-state index contributed by atoms with van der Waals surface area (Å²) in [5.41, 5.74) is 4.36. The first-order valence-electron chi connectivity index (χ1n) is 15.1. The predicted octanol–water partition coefficient (Wildman–Crippen LogP) is 6.90. The van der Waals surface area contributed by atoms with Crippen molar-refractivity contribution in [1.82, 2.24) is 14.5 Å². The molecule has 1 saturated heterocycles. The van der Waals surface area contributed by atoms with Crippen molar-refractivity contribution in [3.63, 3.8) is 0 Å². The lowest BCUT2D eigenvalue weighted by Gasteiger charge is -2.31. The number of halogens is 2. The highest BCUT2D eigenvalue weighted by atomic mass is 35.5. The highest BCUT2D eigenvalue weighted by molar-refractivity contribution is 6.30. The summed E-state index contributed by atoms with van der Waals surface area (Å²) in [4.78, 5) is 19.0. The van der Waals surface area contributed by atoms with Gasteiger partial charge in [-0.3, -0.25) is 4.90 Å². The second-order valence-corrected chi connectivity index (χ2v) is 12.0. The Labute approximate surface area is 259 Å². The lowest BCUT2D eigenvalue weighted by molar-refractivity contribution is 0.00590. The molecule has 0 aliphatic carbocycles. The van der Waals surface area contributed by atoms with Gasteiger partial charge in [0.15, 0.2) is 17.6 Å². The molecule has 3 aliphatic heterocycles. The first-order valence-corrected chi connectivity index (χ1v) is 15.4. The van der Waals surface area contributed by atoms with Crippen LogP contribution in [0.4, 0.5) is 4.39 Å². The normalized spacial score (nSPS) is 20.5. The van der Waals surface area contributed by atoms with Gasteiger partial charge in [0.1, 0.15) is 18.2 Å². The fourth-order valence-corrected chi connectivity index (χ4v) is 6.50. The molecule has 2 atom stereocenters. The molecule has 1 N–H and O–H groups in total. The number of imidazole rings is 1. The van der Waals surface area contributed by atoms with E-state index in [-0.39, 0.29) is 18.3 Å². The molecule has 0 radical (unpaired) electrons. The molecule has 4 heterocycles. The molecule has 44 heavy (non-hydrogen) atoms. The Hall–Kier alpha value is -3.92. The van der Waals surface area contributed by atoms with Gasteiger partial charge in [-0.2, -0.15) is 0 Å². The van der Waals surface area contributed by atoms with Crippen LogP contribution in [0, 0.1) is 5.82 Å². The van der Waals surface area contributed by atoms with Crippen LogP contribution in [0.25, 0.3) is 16.6 Å². The standard InChI is InChI=1S/C34H33ClFN3O5/c35-23-8-9-26(27(36)17-23)31-20-43-30-6-3-5-25(33(30)44-31)21-11-13-38(14-12-21)19-32-37-28-10-7-22(34(40)41)16-29(28)39(32)18-24-4-1-2-15-42-24/h3,5-11,16-17,24,31H,1-2,4,12-15,18-20H2,(H,40,41)/t24?,31-/m0/s1. The maximum absolute atomic E-state index is 14.7. The third-order valence-electron chi connectivity index (χ3n) is 8.68. The molecule has 1 unspecified atom stereocenters. The average molecular weight is 618 g/mol. The van der Waals surface area contributed by atoms with Gasteiger partial charge in [-0.05, 0) is 67.7 Å². The molecular weight excluding hydrogens is 585 g/mol. The molecule has 8 nitrogen and oxygen atoms in total. The van der Waals surface area contributed by atoms with Crippen molar-refractivity contribution in [2.45, 2.75) is 51.0 Å². The minimum Gasteiger partial charge on any atom is -0.485 e. The molecule has 10 heteroatoms. The van der Waals surface area contributed by atoms with E-state index in [9.17, 15) is 14.3 Å². The second kappa shape index (κ2) is 12.2. The third-order valence-corrected chi connectivity index (χ3v) is 8.91. The van der Waals surface area contributed by atoms with Crippen molar-refractivity contribution in [3.05, 3.63) is 94.0 Å². The molecule has 3 aromatic carbocycles. The number of benzene rings is 3. The maximum atomic E-state index is 14.7. The summed E-state index contributed by atoms with van der Waals surface area (Å²) in [5, 5.41) is 9.94. The maximum Gasteiger partial charge on any atom is 0.335 e. The van der Waals surface area contributed by atoms with Gasteiger partial charge in [0.25, 0.3) is 0 Å². The van der Waals surface area contributed by atoms with Crippen molar-refractivity contribution in [1.29, 1.82) is 0 Å². The van der Waals surface area contributed by atoms with Crippen molar-refractivity contribution < 1.29 is 28.5 Å². The van der Waals surface area contributed by atoms with E-state index in [4.69, 9.17) is 30.8 Å². The quantitative estimate of drug-likeness (QED) is 0.241. The Morgan fingerprint density at radius 3 is 2.82 bits per heavy atom. The molecule has 0 bridgehead atoms. The van der Waals surface area contributed by atoms with Gasteiger partial charge in [-0.25, -0.2) is 14.2 Å². The van der Waals surface area contributed by atoms with Crippen LogP contribution in [-0.4, -0.2) is 57.9 Å². The van der Waals surface area contributed by atoms with Gasteiger partial charge in [0.2, 0.25) is 0 Å². The van der Waals surface area contributed by atoms with E-state index in [1.165, 1.54) is 6.07 Å². The Kier molecular flexibility index (Phi) is 8.01. The first-order chi connectivity index (χ1) is 21.4. The third kappa shape index (κ3) is 5.79. The molecule has 4 aromatic rings. The van der Waals surface area contributed by atoms with Gasteiger partial charge in [0.05, 0.1) is 35.8 Å². The molecule has 1 aromatic heterocycles. The van der Waals surface area contributed by atoms with Crippen molar-refractivity contribution in [3.8, 4) is 11.5 Å². The van der Waals surface area contributed by atoms with E-state index in [1.807, 2.05) is 18.2 Å². The molecule has 228 valence electrons. The number of ether oxygens (including phenoxy) is 3. The minimum atomic E-state index is -0.953. The van der Waals surface area contributed by atoms with Crippen molar-refractivity contribution in [2.24, 2.45) is 0 Å². The number of hydrogen-bond acceptors (Lipinski definition) is 6. The molecule has 1 fully saturated rings. The summed E-state index contributed by atoms with van der Waals surface area (Å²) in [7, 11) is 0. The first kappa shape index (κ1) is 28.8. The SMILES string of the molecule is O=C(O)c1ccc2nc(CN3CC=C(c4cccc5c4O[C@H](c4ccc(Cl)cc4F)CO5)CC3)n(CC3CCCCO3)c2c1. The van der Waals surface area contributed by atoms with Gasteiger partial charge in [-0.1, -0.05) is 35.9 Å². The van der Waals surface area contributed by atoms with Crippen LogP contribution in [0.1, 0.15) is 59.1 Å². The van der Waals surface area contributed by atoms with Gasteiger partial charge >= 0.3 is 5.97 Å². The van der Waals surface area contributed by atoms with E-state index >= 15 is 0 Å². The van der Waals surface area contributed by atoms with E-state index in [0.717, 1.165) is 66.8 Å². The highest BCUT2D eigenvalue weighted by Crippen LogP contribution is 2.43. The van der Waals surface area contributed by atoms with Gasteiger partial charge in [0, 0.05) is 35.8 Å². The highest BCUT2D eigenvalue weighted by Gasteiger charge is 2.29. The molecule has 0 spiro atoms. The fourth-order valence-electron chi connectivity index (χ4n) is 6.35. The number of fused-ring (bicyclic) bond motifs is 2. The molecular formula is C34H33ClFN3O5. The monoisotopic (exact) mass is 617 g/mol. The number of hydrogen-bond donors (Lipinski definition) is 1. The Morgan fingerprint density at radius 2 is 2.05 bits per heavy atom. The van der Waals surface area contributed by atoms with Crippen molar-refractivity contribution in [2.75, 3.05) is 26.3 Å². The van der Waals surface area contributed by atoms with E-state index < -0.39 is 17.9 Å². The summed E-state index contributed by atoms with van der Waals surface area (Å²) >= 11 is 5.96. The number of rotatable bonds is 7. The fraction of sp³-hybridized carbons (Fsp3) is 0.353. The zero-order chi connectivity index (χ0) is 30.2. The summed E-state index contributed by atoms with van der Waals surface area (Å²) in [6.07, 6.45) is 5.66. The van der Waals surface area contributed by atoms with E-state index in [1.54, 1.807) is 30.3 Å². The molecule has 0 amide bonds. The zero-order valence-electron chi connectivity index (χ0n) is 24.2. The predicted molar refractivity (Wildman–Crippen MR) is 165 cm³/mol. The van der Waals surface area contributed by atoms with Gasteiger partial charge in [-0.15, -0.1) is 0 Å². The largest absolute Gasteiger partial charge is 0.485 e. The summed E-state index contributed by atoms with van der Waals surface area (Å²) < 4.78 is 35.3. The number of aromatic carboxylic acids is 1. The van der Waals surface area contributed by atoms with Crippen LogP contribution in [-0.2, 0) is 17.8 Å². The molecule has 0 saturated carbocycles. The number of carboxylic acids is 1. The van der Waals surface area contributed by atoms with Crippen LogP contribution < -0.4 is 9.47 Å². The number of carboxylic acid groups (broad SMARTS) is 1. The topological polar surface area (TPSA) is 86.0 Å². The minimum absolute atomic E-state index is 0.0814. The number of nitrogens with zero attached hydrogens (tertiary/aromatic N) is 3. The number of aromatic nitrogens is 2. The zero-order valence-corrected chi connectivity index (χ0v) is 24.9. The molecule has 7 rings (SSSR count). The van der Waals surface area contributed by atoms with E-state index in [0.29, 0.717) is 41.7 Å². The lowest BCUT2D eigenvalue weighted by atomic mass is 9.97. The summed E-state index contributed by atoms with van der Waals surface area (Å²) in [6, 6.07) is 15.6. The lowest BCUT2D eigenvalue weighted by Crippen LogP contribution is -2.31. The van der Waals surface area contributed by atoms with E-state index in [2.05, 4.69) is 15.5 Å². The van der Waals surface area contributed by atoms with Crippen LogP contribution in [0.5, 0.6) is 11.5 Å². The van der Waals surface area contributed by atoms with Gasteiger partial charge < -0.3 is 23.9 Å².